The molecule has 1 aromatic carbocycles. The number of nitrogens with one attached hydrogen (secondary N) is 1. The van der Waals surface area contributed by atoms with E-state index in [2.05, 4.69) is 35.3 Å². The number of methoxy groups -OCH3 is 1. The fourth-order valence-corrected chi connectivity index (χ4v) is 4.59. The van der Waals surface area contributed by atoms with Crippen molar-refractivity contribution in [2.24, 2.45) is 17.8 Å². The van der Waals surface area contributed by atoms with Gasteiger partial charge in [0.25, 0.3) is 0 Å². The van der Waals surface area contributed by atoms with Gasteiger partial charge in [-0.3, -0.25) is 0 Å². The first-order valence-electron chi connectivity index (χ1n) is 8.73. The summed E-state index contributed by atoms with van der Waals surface area (Å²) in [6.45, 7) is 6.26. The number of quaternary nitrogens is 1. The van der Waals surface area contributed by atoms with Crippen molar-refractivity contribution in [2.75, 3.05) is 44.7 Å². The van der Waals surface area contributed by atoms with E-state index >= 15 is 0 Å². The van der Waals surface area contributed by atoms with Gasteiger partial charge in [-0.05, 0) is 36.8 Å². The minimum atomic E-state index is 0.897. The first kappa shape index (κ1) is 14.1. The van der Waals surface area contributed by atoms with Crippen molar-refractivity contribution in [1.29, 1.82) is 0 Å². The van der Waals surface area contributed by atoms with Crippen LogP contribution < -0.4 is 14.5 Å². The first-order chi connectivity index (χ1) is 10.8. The Bertz CT molecular complexity index is 548. The molecule has 1 N–H and O–H groups in total. The molecule has 3 atom stereocenters. The lowest BCUT2D eigenvalue weighted by molar-refractivity contribution is -0.904. The van der Waals surface area contributed by atoms with E-state index in [1.54, 1.807) is 7.11 Å². The smallest absolute Gasteiger partial charge is 0.120 e. The van der Waals surface area contributed by atoms with Gasteiger partial charge in [-0.25, -0.2) is 0 Å². The SMILES string of the molecule is COc1cccc(N2CC[NH+](C[C@@H]3C[C@@H]4C=C[C@H]3C4)CC2)c1. The number of nitrogens with zero attached hydrogens (tertiary/aromatic N) is 1. The highest BCUT2D eigenvalue weighted by Crippen LogP contribution is 2.42. The van der Waals surface area contributed by atoms with Crippen LogP contribution in [0.4, 0.5) is 5.69 Å². The molecule has 0 unspecified atom stereocenters. The van der Waals surface area contributed by atoms with Crippen molar-refractivity contribution < 1.29 is 9.64 Å². The zero-order chi connectivity index (χ0) is 14.9. The molecule has 22 heavy (non-hydrogen) atoms. The number of ether oxygens (including phenoxy) is 1. The molecule has 1 aliphatic heterocycles. The van der Waals surface area contributed by atoms with Crippen LogP contribution in [-0.4, -0.2) is 39.8 Å². The molecule has 0 spiro atoms. The van der Waals surface area contributed by atoms with Gasteiger partial charge >= 0.3 is 0 Å². The molecule has 3 aliphatic rings. The minimum Gasteiger partial charge on any atom is -0.497 e. The van der Waals surface area contributed by atoms with E-state index in [1.165, 1.54) is 51.3 Å². The van der Waals surface area contributed by atoms with E-state index in [9.17, 15) is 0 Å². The van der Waals surface area contributed by atoms with E-state index in [0.717, 1.165) is 23.5 Å². The summed E-state index contributed by atoms with van der Waals surface area (Å²) >= 11 is 0. The van der Waals surface area contributed by atoms with Crippen molar-refractivity contribution >= 4 is 5.69 Å². The highest BCUT2D eigenvalue weighted by molar-refractivity contribution is 5.50. The van der Waals surface area contributed by atoms with E-state index in [-0.39, 0.29) is 0 Å². The van der Waals surface area contributed by atoms with Gasteiger partial charge in [0.1, 0.15) is 5.75 Å². The van der Waals surface area contributed by atoms with Crippen molar-refractivity contribution in [2.45, 2.75) is 12.8 Å². The van der Waals surface area contributed by atoms with Gasteiger partial charge < -0.3 is 14.5 Å². The third-order valence-corrected chi connectivity index (χ3v) is 5.86. The summed E-state index contributed by atoms with van der Waals surface area (Å²) in [6, 6.07) is 8.47. The second-order valence-corrected chi connectivity index (χ2v) is 7.18. The largest absolute Gasteiger partial charge is 0.497 e. The van der Waals surface area contributed by atoms with Gasteiger partial charge in [-0.15, -0.1) is 0 Å². The lowest BCUT2D eigenvalue weighted by Gasteiger charge is -2.35. The van der Waals surface area contributed by atoms with Gasteiger partial charge in [0, 0.05) is 17.7 Å². The molecule has 3 heteroatoms. The van der Waals surface area contributed by atoms with Crippen molar-refractivity contribution in [3.05, 3.63) is 36.4 Å². The average Bonchev–Trinajstić information content (AvgIpc) is 3.18. The predicted molar refractivity (Wildman–Crippen MR) is 89.6 cm³/mol. The molecule has 2 fully saturated rings. The molecule has 118 valence electrons. The molecule has 2 bridgehead atoms. The molecule has 3 nitrogen and oxygen atoms in total. The van der Waals surface area contributed by atoms with Crippen LogP contribution in [0, 0.1) is 17.8 Å². The summed E-state index contributed by atoms with van der Waals surface area (Å²) in [7, 11) is 1.74. The summed E-state index contributed by atoms with van der Waals surface area (Å²) in [4.78, 5) is 4.32. The summed E-state index contributed by atoms with van der Waals surface area (Å²) in [5.74, 6) is 3.72. The Balaban J connectivity index is 1.31. The second-order valence-electron chi connectivity index (χ2n) is 7.18. The minimum absolute atomic E-state index is 0.897. The van der Waals surface area contributed by atoms with Gasteiger partial charge in [0.2, 0.25) is 0 Å². The van der Waals surface area contributed by atoms with Crippen LogP contribution in [-0.2, 0) is 0 Å². The Labute approximate surface area is 133 Å². The van der Waals surface area contributed by atoms with Crippen LogP contribution in [0.3, 0.4) is 0 Å². The Morgan fingerprint density at radius 2 is 2.05 bits per heavy atom. The number of hydrogen-bond donors (Lipinski definition) is 1. The van der Waals surface area contributed by atoms with Crippen LogP contribution in [0.15, 0.2) is 36.4 Å². The van der Waals surface area contributed by atoms with Crippen LogP contribution in [0.25, 0.3) is 0 Å². The zero-order valence-corrected chi connectivity index (χ0v) is 13.5. The maximum atomic E-state index is 5.35. The lowest BCUT2D eigenvalue weighted by Crippen LogP contribution is -3.15. The van der Waals surface area contributed by atoms with Crippen LogP contribution in [0.5, 0.6) is 5.75 Å². The van der Waals surface area contributed by atoms with E-state index in [1.807, 2.05) is 11.0 Å². The summed E-state index contributed by atoms with van der Waals surface area (Å²) in [5, 5.41) is 0. The number of piperazine rings is 1. The van der Waals surface area contributed by atoms with Gasteiger partial charge in [0.15, 0.2) is 0 Å². The number of benzene rings is 1. The maximum absolute atomic E-state index is 5.35. The van der Waals surface area contributed by atoms with Crippen molar-refractivity contribution in [3.8, 4) is 5.75 Å². The molecular weight excluding hydrogens is 272 g/mol. The average molecular weight is 299 g/mol. The first-order valence-corrected chi connectivity index (χ1v) is 8.73. The fourth-order valence-electron chi connectivity index (χ4n) is 4.59. The van der Waals surface area contributed by atoms with Crippen molar-refractivity contribution in [1.82, 2.24) is 0 Å². The molecule has 1 heterocycles. The number of rotatable bonds is 4. The quantitative estimate of drug-likeness (QED) is 0.851. The number of hydrogen-bond acceptors (Lipinski definition) is 2. The normalized spacial score (nSPS) is 31.0. The van der Waals surface area contributed by atoms with E-state index in [0.29, 0.717) is 0 Å². The Kier molecular flexibility index (Phi) is 3.83. The Hall–Kier alpha value is -1.48. The molecule has 1 saturated heterocycles. The molecule has 4 rings (SSSR count). The summed E-state index contributed by atoms with van der Waals surface area (Å²) < 4.78 is 5.35. The van der Waals surface area contributed by atoms with Gasteiger partial charge in [-0.1, -0.05) is 18.2 Å². The molecule has 1 saturated carbocycles. The van der Waals surface area contributed by atoms with Crippen LogP contribution in [0.2, 0.25) is 0 Å². The fraction of sp³-hybridized carbons (Fsp3) is 0.579. The molecule has 0 amide bonds. The molecule has 0 aromatic heterocycles. The van der Waals surface area contributed by atoms with E-state index in [4.69, 9.17) is 4.74 Å². The van der Waals surface area contributed by atoms with Crippen LogP contribution >= 0.6 is 0 Å². The van der Waals surface area contributed by atoms with Gasteiger partial charge in [0.05, 0.1) is 39.8 Å². The maximum Gasteiger partial charge on any atom is 0.120 e. The van der Waals surface area contributed by atoms with E-state index < -0.39 is 0 Å². The highest BCUT2D eigenvalue weighted by atomic mass is 16.5. The van der Waals surface area contributed by atoms with Gasteiger partial charge in [-0.2, -0.15) is 0 Å². The summed E-state index contributed by atoms with van der Waals surface area (Å²) in [6.07, 6.45) is 7.83. The molecule has 2 aliphatic carbocycles. The monoisotopic (exact) mass is 299 g/mol. The molecule has 1 aromatic rings. The predicted octanol–water partition coefficient (Wildman–Crippen LogP) is 1.61. The van der Waals surface area contributed by atoms with Crippen LogP contribution in [0.1, 0.15) is 12.8 Å². The Morgan fingerprint density at radius 3 is 2.73 bits per heavy atom. The van der Waals surface area contributed by atoms with Crippen molar-refractivity contribution in [3.63, 3.8) is 0 Å². The standard InChI is InChI=1S/C19H26N2O/c1-22-19-4-2-3-18(13-19)21-9-7-20(8-10-21)14-17-12-15-5-6-16(17)11-15/h2-6,13,15-17H,7-12,14H2,1H3/p+1/t15-,16+,17+/m1/s1. The third kappa shape index (κ3) is 2.74. The number of anilines is 1. The molecular formula is C19H27N2O+. The third-order valence-electron chi connectivity index (χ3n) is 5.86. The lowest BCUT2D eigenvalue weighted by atomic mass is 9.93. The number of fused-ring (bicyclic) bond motifs is 2. The number of allylic oxidation sites excluding steroid dienone is 2. The highest BCUT2D eigenvalue weighted by Gasteiger charge is 2.38. The topological polar surface area (TPSA) is 16.9 Å². The summed E-state index contributed by atoms with van der Waals surface area (Å²) in [5.41, 5.74) is 1.31. The zero-order valence-electron chi connectivity index (χ0n) is 13.5. The Morgan fingerprint density at radius 1 is 1.18 bits per heavy atom. The second kappa shape index (κ2) is 5.96. The molecule has 0 radical (unpaired) electrons.